The number of rotatable bonds is 2. The van der Waals surface area contributed by atoms with Crippen molar-refractivity contribution < 1.29 is 19.1 Å². The van der Waals surface area contributed by atoms with Gasteiger partial charge in [-0.25, -0.2) is 0 Å². The molecular formula is C23H32N2O4. The summed E-state index contributed by atoms with van der Waals surface area (Å²) in [7, 11) is 0. The van der Waals surface area contributed by atoms with E-state index in [1.807, 2.05) is 23.6 Å². The largest absolute Gasteiger partial charge is 0.381 e. The highest BCUT2D eigenvalue weighted by molar-refractivity contribution is 6.01. The van der Waals surface area contributed by atoms with Crippen LogP contribution in [0.2, 0.25) is 0 Å². The van der Waals surface area contributed by atoms with E-state index >= 15 is 0 Å². The molecule has 158 valence electrons. The van der Waals surface area contributed by atoms with E-state index in [0.29, 0.717) is 39.3 Å². The third-order valence-electron chi connectivity index (χ3n) is 6.68. The van der Waals surface area contributed by atoms with E-state index in [1.165, 1.54) is 5.56 Å². The molecule has 3 fully saturated rings. The second kappa shape index (κ2) is 8.07. The molecule has 0 saturated carbocycles. The molecule has 0 N–H and O–H groups in total. The summed E-state index contributed by atoms with van der Waals surface area (Å²) in [5, 5.41) is 0. The quantitative estimate of drug-likeness (QED) is 0.766. The highest BCUT2D eigenvalue weighted by Gasteiger charge is 2.42. The third kappa shape index (κ3) is 4.05. The number of carbonyl (C=O) groups is 2. The number of ether oxygens (including phenoxy) is 2. The molecule has 1 unspecified atom stereocenters. The van der Waals surface area contributed by atoms with Crippen LogP contribution < -0.4 is 4.90 Å². The molecule has 3 aliphatic rings. The van der Waals surface area contributed by atoms with E-state index in [2.05, 4.69) is 19.1 Å². The molecule has 3 saturated heterocycles. The molecule has 6 heteroatoms. The zero-order chi connectivity index (χ0) is 20.6. The van der Waals surface area contributed by atoms with Crippen LogP contribution in [0.5, 0.6) is 0 Å². The van der Waals surface area contributed by atoms with Gasteiger partial charge in [-0.15, -0.1) is 0 Å². The van der Waals surface area contributed by atoms with E-state index < -0.39 is 0 Å². The van der Waals surface area contributed by atoms with Gasteiger partial charge < -0.3 is 19.3 Å². The number of anilines is 1. The summed E-state index contributed by atoms with van der Waals surface area (Å²) < 4.78 is 11.4. The Morgan fingerprint density at radius 1 is 1.07 bits per heavy atom. The van der Waals surface area contributed by atoms with Crippen LogP contribution >= 0.6 is 0 Å². The molecule has 0 bridgehead atoms. The highest BCUT2D eigenvalue weighted by Crippen LogP contribution is 2.36. The number of aryl methyl sites for hydroxylation is 3. The zero-order valence-electron chi connectivity index (χ0n) is 17.8. The van der Waals surface area contributed by atoms with Crippen LogP contribution in [-0.4, -0.2) is 62.8 Å². The van der Waals surface area contributed by atoms with Crippen molar-refractivity contribution >= 4 is 17.5 Å². The Kier molecular flexibility index (Phi) is 5.67. The third-order valence-corrected chi connectivity index (χ3v) is 6.68. The summed E-state index contributed by atoms with van der Waals surface area (Å²) in [6, 6.07) is 4.21. The van der Waals surface area contributed by atoms with Gasteiger partial charge in [0.25, 0.3) is 0 Å². The lowest BCUT2D eigenvalue weighted by Crippen LogP contribution is -2.46. The molecule has 0 radical (unpaired) electrons. The second-order valence-electron chi connectivity index (χ2n) is 9.08. The normalized spacial score (nSPS) is 24.8. The predicted octanol–water partition coefficient (Wildman–Crippen LogP) is 2.62. The molecule has 1 aromatic rings. The van der Waals surface area contributed by atoms with Crippen molar-refractivity contribution in [1.82, 2.24) is 4.90 Å². The Morgan fingerprint density at radius 2 is 1.76 bits per heavy atom. The van der Waals surface area contributed by atoms with E-state index in [1.54, 1.807) is 0 Å². The van der Waals surface area contributed by atoms with Gasteiger partial charge in [-0.3, -0.25) is 9.59 Å². The Hall–Kier alpha value is -1.92. The van der Waals surface area contributed by atoms with E-state index in [4.69, 9.17) is 9.47 Å². The molecule has 29 heavy (non-hydrogen) atoms. The van der Waals surface area contributed by atoms with Crippen molar-refractivity contribution in [2.45, 2.75) is 40.0 Å². The van der Waals surface area contributed by atoms with Crippen molar-refractivity contribution in [2.24, 2.45) is 11.3 Å². The topological polar surface area (TPSA) is 59.1 Å². The minimum absolute atomic E-state index is 0.00313. The Balaban J connectivity index is 1.50. The molecule has 1 spiro atoms. The zero-order valence-corrected chi connectivity index (χ0v) is 17.8. The van der Waals surface area contributed by atoms with Gasteiger partial charge in [-0.05, 0) is 44.7 Å². The van der Waals surface area contributed by atoms with Crippen LogP contribution in [0, 0.1) is 32.1 Å². The van der Waals surface area contributed by atoms with Crippen LogP contribution in [0.25, 0.3) is 0 Å². The predicted molar refractivity (Wildman–Crippen MR) is 111 cm³/mol. The van der Waals surface area contributed by atoms with Crippen LogP contribution in [-0.2, 0) is 19.1 Å². The highest BCUT2D eigenvalue weighted by atomic mass is 16.5. The van der Waals surface area contributed by atoms with Gasteiger partial charge in [-0.1, -0.05) is 17.7 Å². The van der Waals surface area contributed by atoms with Gasteiger partial charge in [0.15, 0.2) is 0 Å². The standard InChI is InChI=1S/C23H32N2O4/c1-16-10-17(2)21(18(3)11-16)25-13-19(12-20(25)26)22(27)24-6-9-29-15-23(14-24)4-7-28-8-5-23/h10-11,19H,4-9,12-15H2,1-3H3. The number of benzene rings is 1. The van der Waals surface area contributed by atoms with Gasteiger partial charge in [0.2, 0.25) is 11.8 Å². The monoisotopic (exact) mass is 400 g/mol. The first-order valence-corrected chi connectivity index (χ1v) is 10.7. The molecule has 3 heterocycles. The summed E-state index contributed by atoms with van der Waals surface area (Å²) >= 11 is 0. The molecule has 0 aromatic heterocycles. The summed E-state index contributed by atoms with van der Waals surface area (Å²) in [6.07, 6.45) is 2.14. The minimum atomic E-state index is -0.280. The average molecular weight is 401 g/mol. The fourth-order valence-corrected chi connectivity index (χ4v) is 5.23. The van der Waals surface area contributed by atoms with Crippen molar-refractivity contribution in [1.29, 1.82) is 0 Å². The first kappa shape index (κ1) is 20.4. The van der Waals surface area contributed by atoms with Crippen molar-refractivity contribution in [3.8, 4) is 0 Å². The maximum Gasteiger partial charge on any atom is 0.228 e. The van der Waals surface area contributed by atoms with Crippen LogP contribution in [0.15, 0.2) is 12.1 Å². The Morgan fingerprint density at radius 3 is 2.45 bits per heavy atom. The minimum Gasteiger partial charge on any atom is -0.381 e. The number of hydrogen-bond acceptors (Lipinski definition) is 4. The number of amides is 2. The smallest absolute Gasteiger partial charge is 0.228 e. The van der Waals surface area contributed by atoms with Crippen LogP contribution in [0.3, 0.4) is 0 Å². The van der Waals surface area contributed by atoms with Gasteiger partial charge in [0.05, 0.1) is 19.1 Å². The van der Waals surface area contributed by atoms with E-state index in [-0.39, 0.29) is 23.1 Å². The van der Waals surface area contributed by atoms with Crippen molar-refractivity contribution in [2.75, 3.05) is 51.0 Å². The second-order valence-corrected chi connectivity index (χ2v) is 9.08. The molecule has 4 rings (SSSR count). The molecule has 1 atom stereocenters. The lowest BCUT2D eigenvalue weighted by Gasteiger charge is -2.38. The van der Waals surface area contributed by atoms with Gasteiger partial charge >= 0.3 is 0 Å². The fourth-order valence-electron chi connectivity index (χ4n) is 5.23. The SMILES string of the molecule is Cc1cc(C)c(N2CC(C(=O)N3CCOCC4(CCOCC4)C3)CC2=O)c(C)c1. The average Bonchev–Trinajstić information content (AvgIpc) is 2.93. The molecule has 3 aliphatic heterocycles. The summed E-state index contributed by atoms with van der Waals surface area (Å²) in [4.78, 5) is 30.0. The van der Waals surface area contributed by atoms with Gasteiger partial charge in [-0.2, -0.15) is 0 Å². The molecular weight excluding hydrogens is 368 g/mol. The summed E-state index contributed by atoms with van der Waals surface area (Å²) in [5.41, 5.74) is 4.34. The van der Waals surface area contributed by atoms with E-state index in [9.17, 15) is 9.59 Å². The molecule has 1 aromatic carbocycles. The number of nitrogens with zero attached hydrogens (tertiary/aromatic N) is 2. The maximum atomic E-state index is 13.4. The molecule has 0 aliphatic carbocycles. The fraction of sp³-hybridized carbons (Fsp3) is 0.652. The van der Waals surface area contributed by atoms with Crippen molar-refractivity contribution in [3.05, 3.63) is 28.8 Å². The molecule has 6 nitrogen and oxygen atoms in total. The van der Waals surface area contributed by atoms with Gasteiger partial charge in [0, 0.05) is 50.4 Å². The van der Waals surface area contributed by atoms with Crippen LogP contribution in [0.4, 0.5) is 5.69 Å². The van der Waals surface area contributed by atoms with E-state index in [0.717, 1.165) is 42.9 Å². The maximum absolute atomic E-state index is 13.4. The lowest BCUT2D eigenvalue weighted by molar-refractivity contribution is -0.137. The Bertz CT molecular complexity index is 777. The first-order valence-electron chi connectivity index (χ1n) is 10.7. The number of hydrogen-bond donors (Lipinski definition) is 0. The van der Waals surface area contributed by atoms with Crippen LogP contribution in [0.1, 0.15) is 36.0 Å². The Labute approximate surface area is 173 Å². The summed E-state index contributed by atoms with van der Waals surface area (Å²) in [5.74, 6) is -0.137. The summed E-state index contributed by atoms with van der Waals surface area (Å²) in [6.45, 7) is 10.6. The lowest BCUT2D eigenvalue weighted by atomic mass is 9.80. The number of carbonyl (C=O) groups excluding carboxylic acids is 2. The first-order chi connectivity index (χ1) is 13.9. The molecule has 2 amide bonds. The van der Waals surface area contributed by atoms with Gasteiger partial charge in [0.1, 0.15) is 0 Å². The van der Waals surface area contributed by atoms with Crippen molar-refractivity contribution in [3.63, 3.8) is 0 Å².